The fourth-order valence-electron chi connectivity index (χ4n) is 1.88. The van der Waals surface area contributed by atoms with Crippen molar-refractivity contribution in [3.05, 3.63) is 33.8 Å². The van der Waals surface area contributed by atoms with Gasteiger partial charge in [-0.15, -0.1) is 0 Å². The molecule has 1 amide bonds. The van der Waals surface area contributed by atoms with E-state index in [0.717, 1.165) is 12.0 Å². The molecule has 0 spiro atoms. The van der Waals surface area contributed by atoms with Gasteiger partial charge in [0.05, 0.1) is 6.04 Å². The van der Waals surface area contributed by atoms with Gasteiger partial charge in [0.15, 0.2) is 0 Å². The lowest BCUT2D eigenvalue weighted by Gasteiger charge is -2.18. The highest BCUT2D eigenvalue weighted by molar-refractivity contribution is 6.36. The number of nitrogens with two attached hydrogens (primary N) is 1. The van der Waals surface area contributed by atoms with E-state index in [1.54, 1.807) is 18.2 Å². The van der Waals surface area contributed by atoms with Crippen molar-refractivity contribution in [3.63, 3.8) is 0 Å². The highest BCUT2D eigenvalue weighted by Gasteiger charge is 2.16. The van der Waals surface area contributed by atoms with Gasteiger partial charge in [-0.25, -0.2) is 0 Å². The Bertz CT molecular complexity index is 417. The first-order chi connectivity index (χ1) is 8.95. The van der Waals surface area contributed by atoms with Gasteiger partial charge in [0.25, 0.3) is 0 Å². The van der Waals surface area contributed by atoms with Crippen LogP contribution in [0.5, 0.6) is 0 Å². The van der Waals surface area contributed by atoms with E-state index in [0.29, 0.717) is 22.9 Å². The highest BCUT2D eigenvalue weighted by Crippen LogP contribution is 2.25. The molecule has 2 unspecified atom stereocenters. The Kier molecular flexibility index (Phi) is 6.63. The SMILES string of the molecule is CCCC(N)C(=O)NC(C)Cc1c(Cl)cccc1Cl. The fraction of sp³-hybridized carbons (Fsp3) is 0.500. The molecule has 5 heteroatoms. The summed E-state index contributed by atoms with van der Waals surface area (Å²) >= 11 is 12.2. The van der Waals surface area contributed by atoms with Crippen LogP contribution in [0.25, 0.3) is 0 Å². The standard InChI is InChI=1S/C14H20Cl2N2O/c1-3-5-13(17)14(19)18-9(2)8-10-11(15)6-4-7-12(10)16/h4,6-7,9,13H,3,5,8,17H2,1-2H3,(H,18,19). The molecule has 3 N–H and O–H groups in total. The zero-order valence-corrected chi connectivity index (χ0v) is 12.8. The molecule has 0 aromatic heterocycles. The molecule has 0 heterocycles. The van der Waals surface area contributed by atoms with Crippen LogP contribution >= 0.6 is 23.2 Å². The number of nitrogens with one attached hydrogen (secondary N) is 1. The Morgan fingerprint density at radius 3 is 2.47 bits per heavy atom. The molecule has 0 aliphatic rings. The first-order valence-corrected chi connectivity index (χ1v) is 7.20. The van der Waals surface area contributed by atoms with Gasteiger partial charge in [-0.1, -0.05) is 42.6 Å². The first-order valence-electron chi connectivity index (χ1n) is 6.44. The third-order valence-corrected chi connectivity index (χ3v) is 3.61. The van der Waals surface area contributed by atoms with Crippen molar-refractivity contribution in [2.24, 2.45) is 5.73 Å². The summed E-state index contributed by atoms with van der Waals surface area (Å²) in [6.07, 6.45) is 2.16. The molecule has 1 aromatic rings. The van der Waals surface area contributed by atoms with E-state index in [1.165, 1.54) is 0 Å². The summed E-state index contributed by atoms with van der Waals surface area (Å²) in [6.45, 7) is 3.91. The molecule has 3 nitrogen and oxygen atoms in total. The molecule has 0 radical (unpaired) electrons. The van der Waals surface area contributed by atoms with Gasteiger partial charge < -0.3 is 11.1 Å². The monoisotopic (exact) mass is 302 g/mol. The van der Waals surface area contributed by atoms with Crippen LogP contribution in [0.2, 0.25) is 10.0 Å². The van der Waals surface area contributed by atoms with Gasteiger partial charge in [-0.05, 0) is 37.5 Å². The van der Waals surface area contributed by atoms with Crippen LogP contribution in [0.15, 0.2) is 18.2 Å². The molecular formula is C14H20Cl2N2O. The zero-order valence-electron chi connectivity index (χ0n) is 11.2. The minimum atomic E-state index is -0.450. The topological polar surface area (TPSA) is 55.1 Å². The lowest BCUT2D eigenvalue weighted by atomic mass is 10.1. The number of rotatable bonds is 6. The third-order valence-electron chi connectivity index (χ3n) is 2.90. The summed E-state index contributed by atoms with van der Waals surface area (Å²) < 4.78 is 0. The Morgan fingerprint density at radius 2 is 1.95 bits per heavy atom. The molecule has 0 saturated heterocycles. The van der Waals surface area contributed by atoms with Crippen molar-refractivity contribution >= 4 is 29.1 Å². The minimum absolute atomic E-state index is 0.0622. The number of hydrogen-bond acceptors (Lipinski definition) is 2. The molecular weight excluding hydrogens is 283 g/mol. The van der Waals surface area contributed by atoms with Gasteiger partial charge >= 0.3 is 0 Å². The number of amides is 1. The van der Waals surface area contributed by atoms with Crippen LogP contribution in [0, 0.1) is 0 Å². The normalized spacial score (nSPS) is 13.9. The molecule has 0 fully saturated rings. The van der Waals surface area contributed by atoms with Crippen molar-refractivity contribution < 1.29 is 4.79 Å². The molecule has 1 rings (SSSR count). The Morgan fingerprint density at radius 1 is 1.37 bits per heavy atom. The summed E-state index contributed by atoms with van der Waals surface area (Å²) in [5, 5.41) is 4.12. The summed E-state index contributed by atoms with van der Waals surface area (Å²) in [5.41, 5.74) is 6.61. The second-order valence-corrected chi connectivity index (χ2v) is 5.52. The van der Waals surface area contributed by atoms with E-state index in [-0.39, 0.29) is 11.9 Å². The van der Waals surface area contributed by atoms with E-state index < -0.39 is 6.04 Å². The van der Waals surface area contributed by atoms with E-state index in [1.807, 2.05) is 13.8 Å². The molecule has 2 atom stereocenters. The van der Waals surface area contributed by atoms with Crippen molar-refractivity contribution in [2.45, 2.75) is 45.2 Å². The van der Waals surface area contributed by atoms with Crippen LogP contribution in [0.4, 0.5) is 0 Å². The van der Waals surface area contributed by atoms with Gasteiger partial charge in [-0.3, -0.25) is 4.79 Å². The van der Waals surface area contributed by atoms with Crippen molar-refractivity contribution in [2.75, 3.05) is 0 Å². The van der Waals surface area contributed by atoms with Gasteiger partial charge in [0.1, 0.15) is 0 Å². The van der Waals surface area contributed by atoms with Crippen molar-refractivity contribution in [3.8, 4) is 0 Å². The number of hydrogen-bond donors (Lipinski definition) is 2. The maximum atomic E-state index is 11.8. The third kappa shape index (κ3) is 5.01. The molecule has 0 bridgehead atoms. The zero-order chi connectivity index (χ0) is 14.4. The van der Waals surface area contributed by atoms with E-state index in [9.17, 15) is 4.79 Å². The Balaban J connectivity index is 2.60. The number of carbonyl (C=O) groups excluding carboxylic acids is 1. The van der Waals surface area contributed by atoms with Crippen LogP contribution in [-0.4, -0.2) is 18.0 Å². The molecule has 0 saturated carbocycles. The Hall–Kier alpha value is -0.770. The smallest absolute Gasteiger partial charge is 0.237 e. The van der Waals surface area contributed by atoms with Crippen molar-refractivity contribution in [1.82, 2.24) is 5.32 Å². The molecule has 1 aromatic carbocycles. The summed E-state index contributed by atoms with van der Waals surface area (Å²) in [5.74, 6) is -0.127. The van der Waals surface area contributed by atoms with Crippen LogP contribution in [-0.2, 0) is 11.2 Å². The van der Waals surface area contributed by atoms with Gasteiger partial charge in [0, 0.05) is 16.1 Å². The predicted molar refractivity (Wildman–Crippen MR) is 80.7 cm³/mol. The van der Waals surface area contributed by atoms with Gasteiger partial charge in [-0.2, -0.15) is 0 Å². The maximum Gasteiger partial charge on any atom is 0.237 e. The second-order valence-electron chi connectivity index (χ2n) is 4.71. The molecule has 0 aliphatic heterocycles. The van der Waals surface area contributed by atoms with Crippen LogP contribution in [0.1, 0.15) is 32.3 Å². The number of halogens is 2. The van der Waals surface area contributed by atoms with E-state index >= 15 is 0 Å². The first kappa shape index (κ1) is 16.3. The molecule has 0 aliphatic carbocycles. The molecule has 106 valence electrons. The fourth-order valence-corrected chi connectivity index (χ4v) is 2.43. The summed E-state index contributed by atoms with van der Waals surface area (Å²) in [4.78, 5) is 11.8. The summed E-state index contributed by atoms with van der Waals surface area (Å²) in [7, 11) is 0. The van der Waals surface area contributed by atoms with Crippen molar-refractivity contribution in [1.29, 1.82) is 0 Å². The number of carbonyl (C=O) groups is 1. The lowest BCUT2D eigenvalue weighted by Crippen LogP contribution is -2.45. The average molecular weight is 303 g/mol. The lowest BCUT2D eigenvalue weighted by molar-refractivity contribution is -0.123. The average Bonchev–Trinajstić information content (AvgIpc) is 2.34. The maximum absolute atomic E-state index is 11.8. The van der Waals surface area contributed by atoms with E-state index in [2.05, 4.69) is 5.32 Å². The number of benzene rings is 1. The van der Waals surface area contributed by atoms with Crippen LogP contribution < -0.4 is 11.1 Å². The van der Waals surface area contributed by atoms with Crippen LogP contribution in [0.3, 0.4) is 0 Å². The quantitative estimate of drug-likeness (QED) is 0.848. The minimum Gasteiger partial charge on any atom is -0.352 e. The Labute approximate surface area is 124 Å². The highest BCUT2D eigenvalue weighted by atomic mass is 35.5. The molecule has 19 heavy (non-hydrogen) atoms. The largest absolute Gasteiger partial charge is 0.352 e. The van der Waals surface area contributed by atoms with E-state index in [4.69, 9.17) is 28.9 Å². The predicted octanol–water partition coefficient (Wildman–Crippen LogP) is 3.17. The summed E-state index contributed by atoms with van der Waals surface area (Å²) in [6, 6.07) is 4.87. The van der Waals surface area contributed by atoms with Gasteiger partial charge in [0.2, 0.25) is 5.91 Å². The second kappa shape index (κ2) is 7.73.